The van der Waals surface area contributed by atoms with Crippen molar-refractivity contribution in [2.24, 2.45) is 0 Å². The highest BCUT2D eigenvalue weighted by molar-refractivity contribution is 7.99. The fourth-order valence-corrected chi connectivity index (χ4v) is 3.32. The lowest BCUT2D eigenvalue weighted by Gasteiger charge is -2.12. The molecule has 22 heavy (non-hydrogen) atoms. The fourth-order valence-electron chi connectivity index (χ4n) is 1.62. The maximum atomic E-state index is 14.4. The summed E-state index contributed by atoms with van der Waals surface area (Å²) >= 11 is 8.06. The first-order valence-corrected chi connectivity index (χ1v) is 8.60. The highest BCUT2D eigenvalue weighted by Gasteiger charge is 2.24. The number of hydrogen-bond acceptors (Lipinski definition) is 6. The minimum atomic E-state index is -1.38. The van der Waals surface area contributed by atoms with Crippen LogP contribution in [-0.2, 0) is 4.74 Å². The molecule has 0 fully saturated rings. The number of thioether (sulfide) groups is 2. The number of carbonyl (C=O) groups is 1. The van der Waals surface area contributed by atoms with Gasteiger partial charge in [0.1, 0.15) is 15.7 Å². The van der Waals surface area contributed by atoms with Crippen LogP contribution in [-0.4, -0.2) is 29.3 Å². The molecule has 1 unspecified atom stereocenters. The number of ether oxygens (including phenoxy) is 1. The third-order valence-corrected chi connectivity index (χ3v) is 4.48. The molecule has 8 heteroatoms. The first kappa shape index (κ1) is 17.1. The van der Waals surface area contributed by atoms with Crippen LogP contribution in [0.15, 0.2) is 40.5 Å². The largest absolute Gasteiger partial charge is 0.465 e. The van der Waals surface area contributed by atoms with Gasteiger partial charge in [0, 0.05) is 0 Å². The van der Waals surface area contributed by atoms with Crippen molar-refractivity contribution in [2.75, 3.05) is 13.4 Å². The molecule has 0 aliphatic heterocycles. The second-order valence-corrected chi connectivity index (χ2v) is 6.19. The molecule has 0 saturated heterocycles. The van der Waals surface area contributed by atoms with Gasteiger partial charge < -0.3 is 4.74 Å². The van der Waals surface area contributed by atoms with Crippen molar-refractivity contribution < 1.29 is 13.9 Å². The first-order valence-electron chi connectivity index (χ1n) is 6.12. The van der Waals surface area contributed by atoms with Gasteiger partial charge in [0.2, 0.25) is 0 Å². The summed E-state index contributed by atoms with van der Waals surface area (Å²) < 4.78 is 19.1. The minimum Gasteiger partial charge on any atom is -0.465 e. The van der Waals surface area contributed by atoms with Crippen LogP contribution in [0, 0.1) is 0 Å². The molecule has 1 atom stereocenters. The molecule has 0 saturated carbocycles. The minimum absolute atomic E-state index is 0.0226. The van der Waals surface area contributed by atoms with E-state index in [1.54, 1.807) is 36.6 Å². The van der Waals surface area contributed by atoms with Gasteiger partial charge in [-0.3, -0.25) is 0 Å². The van der Waals surface area contributed by atoms with Crippen molar-refractivity contribution in [3.8, 4) is 0 Å². The quantitative estimate of drug-likeness (QED) is 0.342. The maximum absolute atomic E-state index is 14.4. The molecule has 0 N–H and O–H groups in total. The summed E-state index contributed by atoms with van der Waals surface area (Å²) in [4.78, 5) is 20.0. The van der Waals surface area contributed by atoms with Crippen molar-refractivity contribution in [1.29, 1.82) is 0 Å². The average Bonchev–Trinajstić information content (AvgIpc) is 2.54. The summed E-state index contributed by atoms with van der Waals surface area (Å²) in [5.41, 5.74) is -0.931. The molecule has 0 amide bonds. The zero-order chi connectivity index (χ0) is 16.1. The van der Waals surface area contributed by atoms with Gasteiger partial charge in [-0.05, 0) is 11.8 Å². The molecule has 2 aromatic rings. The van der Waals surface area contributed by atoms with E-state index in [-0.39, 0.29) is 15.7 Å². The fraction of sp³-hybridized carbons (Fsp3) is 0.214. The highest BCUT2D eigenvalue weighted by Crippen LogP contribution is 2.39. The second kappa shape index (κ2) is 7.80. The van der Waals surface area contributed by atoms with E-state index in [4.69, 9.17) is 11.6 Å². The molecular formula is C14H12ClFN2O2S2. The van der Waals surface area contributed by atoms with E-state index in [2.05, 4.69) is 14.7 Å². The van der Waals surface area contributed by atoms with Crippen LogP contribution in [0.3, 0.4) is 0 Å². The maximum Gasteiger partial charge on any atom is 0.343 e. The zero-order valence-corrected chi connectivity index (χ0v) is 14.1. The van der Waals surface area contributed by atoms with Crippen LogP contribution in [0.2, 0.25) is 5.15 Å². The number of alkyl halides is 1. The Labute approximate surface area is 140 Å². The summed E-state index contributed by atoms with van der Waals surface area (Å²) in [6.45, 7) is 0. The van der Waals surface area contributed by atoms with E-state index in [1.165, 1.54) is 18.9 Å². The standard InChI is InChI=1S/C14H12ClFN2O2S2/c1-20-13(19)9-10(15)17-14(21-2)18-12(9)22-11(16)8-6-4-3-5-7-8/h3-7,11H,1-2H3. The van der Waals surface area contributed by atoms with E-state index in [1.807, 2.05) is 0 Å². The van der Waals surface area contributed by atoms with Gasteiger partial charge in [0.15, 0.2) is 10.7 Å². The predicted molar refractivity (Wildman–Crippen MR) is 86.3 cm³/mol. The number of esters is 1. The number of carbonyl (C=O) groups excluding carboxylic acids is 1. The van der Waals surface area contributed by atoms with Crippen LogP contribution in [0.4, 0.5) is 4.39 Å². The molecule has 1 aromatic heterocycles. The molecule has 2 rings (SSSR count). The average molecular weight is 359 g/mol. The molecule has 0 bridgehead atoms. The van der Waals surface area contributed by atoms with Crippen molar-refractivity contribution in [1.82, 2.24) is 9.97 Å². The van der Waals surface area contributed by atoms with Crippen LogP contribution in [0.1, 0.15) is 21.4 Å². The van der Waals surface area contributed by atoms with E-state index in [9.17, 15) is 9.18 Å². The lowest BCUT2D eigenvalue weighted by Crippen LogP contribution is -2.08. The van der Waals surface area contributed by atoms with Crippen LogP contribution < -0.4 is 0 Å². The van der Waals surface area contributed by atoms with E-state index >= 15 is 0 Å². The van der Waals surface area contributed by atoms with Crippen molar-refractivity contribution >= 4 is 41.1 Å². The number of methoxy groups -OCH3 is 1. The number of rotatable bonds is 5. The second-order valence-electron chi connectivity index (χ2n) is 4.02. The highest BCUT2D eigenvalue weighted by atomic mass is 35.5. The van der Waals surface area contributed by atoms with Gasteiger partial charge in [0.05, 0.1) is 7.11 Å². The van der Waals surface area contributed by atoms with Crippen molar-refractivity contribution in [3.63, 3.8) is 0 Å². The van der Waals surface area contributed by atoms with E-state index in [0.717, 1.165) is 11.8 Å². The Hall–Kier alpha value is -1.31. The molecule has 116 valence electrons. The Balaban J connectivity index is 2.40. The SMILES string of the molecule is COC(=O)c1c(Cl)nc(SC)nc1SC(F)c1ccccc1. The predicted octanol–water partition coefficient (Wildman–Crippen LogP) is 4.40. The Morgan fingerprint density at radius 2 is 2.00 bits per heavy atom. The number of benzene rings is 1. The molecule has 1 aromatic carbocycles. The van der Waals surface area contributed by atoms with Gasteiger partial charge in [0.25, 0.3) is 0 Å². The summed E-state index contributed by atoms with van der Waals surface area (Å²) in [7, 11) is 1.22. The zero-order valence-electron chi connectivity index (χ0n) is 11.7. The topological polar surface area (TPSA) is 52.1 Å². The van der Waals surface area contributed by atoms with Gasteiger partial charge in [-0.25, -0.2) is 19.2 Å². The molecule has 0 radical (unpaired) electrons. The molecule has 0 aliphatic carbocycles. The summed E-state index contributed by atoms with van der Waals surface area (Å²) in [5.74, 6) is -0.694. The van der Waals surface area contributed by atoms with Gasteiger partial charge in [-0.2, -0.15) is 0 Å². The van der Waals surface area contributed by atoms with Gasteiger partial charge in [-0.15, -0.1) is 0 Å². The molecule has 4 nitrogen and oxygen atoms in total. The Kier molecular flexibility index (Phi) is 6.05. The molecule has 0 spiro atoms. The van der Waals surface area contributed by atoms with E-state index in [0.29, 0.717) is 10.7 Å². The van der Waals surface area contributed by atoms with Crippen LogP contribution in [0.5, 0.6) is 0 Å². The lowest BCUT2D eigenvalue weighted by molar-refractivity contribution is 0.0595. The number of nitrogens with zero attached hydrogens (tertiary/aromatic N) is 2. The van der Waals surface area contributed by atoms with Crippen molar-refractivity contribution in [3.05, 3.63) is 46.6 Å². The van der Waals surface area contributed by atoms with E-state index < -0.39 is 11.5 Å². The molecule has 1 heterocycles. The third-order valence-electron chi connectivity index (χ3n) is 2.66. The molecular weight excluding hydrogens is 347 g/mol. The Morgan fingerprint density at radius 3 is 2.59 bits per heavy atom. The van der Waals surface area contributed by atoms with Crippen molar-refractivity contribution in [2.45, 2.75) is 15.7 Å². The van der Waals surface area contributed by atoms with Crippen LogP contribution in [0.25, 0.3) is 0 Å². The number of hydrogen-bond donors (Lipinski definition) is 0. The third kappa shape index (κ3) is 3.91. The Morgan fingerprint density at radius 1 is 1.32 bits per heavy atom. The molecule has 0 aliphatic rings. The normalized spacial score (nSPS) is 12.0. The summed E-state index contributed by atoms with van der Waals surface area (Å²) in [6.07, 6.45) is 1.77. The number of aromatic nitrogens is 2. The smallest absolute Gasteiger partial charge is 0.343 e. The van der Waals surface area contributed by atoms with Gasteiger partial charge in [-0.1, -0.05) is 65.5 Å². The van der Waals surface area contributed by atoms with Gasteiger partial charge >= 0.3 is 5.97 Å². The Bertz CT molecular complexity index is 673. The number of halogens is 2. The summed E-state index contributed by atoms with van der Waals surface area (Å²) in [5, 5.41) is 0.474. The monoisotopic (exact) mass is 358 g/mol. The lowest BCUT2D eigenvalue weighted by atomic mass is 10.2. The summed E-state index contributed by atoms with van der Waals surface area (Å²) in [6, 6.07) is 8.60. The van der Waals surface area contributed by atoms with Crippen LogP contribution >= 0.6 is 35.1 Å². The first-order chi connectivity index (χ1) is 10.6.